The van der Waals surface area contributed by atoms with Gasteiger partial charge in [-0.25, -0.2) is 5.43 Å². The molecule has 0 bridgehead atoms. The first-order chi connectivity index (χ1) is 15.5. The molecule has 0 saturated heterocycles. The van der Waals surface area contributed by atoms with Crippen molar-refractivity contribution in [1.82, 2.24) is 5.43 Å². The molecule has 0 spiro atoms. The second kappa shape index (κ2) is 11.1. The molecule has 3 rings (SSSR count). The molecule has 0 aliphatic carbocycles. The van der Waals surface area contributed by atoms with E-state index in [9.17, 15) is 4.79 Å². The quantitative estimate of drug-likeness (QED) is 0.450. The van der Waals surface area contributed by atoms with E-state index in [1.54, 1.807) is 12.1 Å². The highest BCUT2D eigenvalue weighted by atomic mass is 16.7. The number of amides is 1. The molecule has 1 atom stereocenters. The summed E-state index contributed by atoms with van der Waals surface area (Å²) < 4.78 is 21.3. The van der Waals surface area contributed by atoms with Crippen LogP contribution in [0.25, 0.3) is 0 Å². The van der Waals surface area contributed by atoms with Crippen LogP contribution in [-0.4, -0.2) is 58.5 Å². The van der Waals surface area contributed by atoms with Crippen molar-refractivity contribution in [2.45, 2.75) is 19.4 Å². The highest BCUT2D eigenvalue weighted by Crippen LogP contribution is 2.37. The van der Waals surface area contributed by atoms with Crippen molar-refractivity contribution in [3.8, 4) is 17.2 Å². The van der Waals surface area contributed by atoms with Crippen LogP contribution in [0.15, 0.2) is 46.7 Å². The summed E-state index contributed by atoms with van der Waals surface area (Å²) in [7, 11) is 4.58. The molecular weight excluding hydrogens is 414 g/mol. The van der Waals surface area contributed by atoms with Crippen molar-refractivity contribution in [2.24, 2.45) is 10.3 Å². The topological polar surface area (TPSA) is 100.0 Å². The zero-order valence-corrected chi connectivity index (χ0v) is 18.6. The van der Waals surface area contributed by atoms with E-state index >= 15 is 0 Å². The van der Waals surface area contributed by atoms with Crippen LogP contribution in [0.3, 0.4) is 0 Å². The van der Waals surface area contributed by atoms with E-state index in [0.29, 0.717) is 29.2 Å². The molecule has 9 heteroatoms. The minimum Gasteiger partial charge on any atom is -0.493 e. The number of hydrogen-bond acceptors (Lipinski definition) is 8. The molecule has 1 heterocycles. The summed E-state index contributed by atoms with van der Waals surface area (Å²) >= 11 is 0. The average Bonchev–Trinajstić information content (AvgIpc) is 3.27. The first-order valence-electron chi connectivity index (χ1n) is 10.0. The number of carbonyl (C=O) groups excluding carboxylic acids is 1. The van der Waals surface area contributed by atoms with Crippen LogP contribution >= 0.6 is 0 Å². The summed E-state index contributed by atoms with van der Waals surface area (Å²) in [5.41, 5.74) is 6.18. The van der Waals surface area contributed by atoms with Crippen LogP contribution in [0.2, 0.25) is 0 Å². The molecule has 1 amide bonds. The molecule has 1 aliphatic rings. The fourth-order valence-corrected chi connectivity index (χ4v) is 3.10. The first-order valence-corrected chi connectivity index (χ1v) is 10.0. The average molecular weight is 441 g/mol. The number of nitrogens with one attached hydrogen (secondary N) is 1. The Morgan fingerprint density at radius 1 is 1.16 bits per heavy atom. The summed E-state index contributed by atoms with van der Waals surface area (Å²) in [6.07, 6.45) is 1.88. The number of oxime groups is 1. The van der Waals surface area contributed by atoms with Crippen molar-refractivity contribution in [3.05, 3.63) is 53.1 Å². The molecule has 9 nitrogen and oxygen atoms in total. The van der Waals surface area contributed by atoms with Crippen LogP contribution in [0.4, 0.5) is 0 Å². The smallest absolute Gasteiger partial charge is 0.266 e. The van der Waals surface area contributed by atoms with Gasteiger partial charge in [-0.3, -0.25) is 4.79 Å². The zero-order valence-electron chi connectivity index (χ0n) is 18.6. The molecule has 0 aromatic heterocycles. The Balaban J connectivity index is 1.42. The summed E-state index contributed by atoms with van der Waals surface area (Å²) in [4.78, 5) is 17.4. The van der Waals surface area contributed by atoms with E-state index in [0.717, 1.165) is 11.3 Å². The third-order valence-corrected chi connectivity index (χ3v) is 4.74. The molecule has 170 valence electrons. The van der Waals surface area contributed by atoms with Crippen molar-refractivity contribution >= 4 is 17.8 Å². The van der Waals surface area contributed by atoms with Gasteiger partial charge in [0.2, 0.25) is 5.75 Å². The molecule has 32 heavy (non-hydrogen) atoms. The highest BCUT2D eigenvalue weighted by molar-refractivity contribution is 6.01. The van der Waals surface area contributed by atoms with E-state index in [1.807, 2.05) is 31.2 Å². The normalized spacial score (nSPS) is 15.2. The van der Waals surface area contributed by atoms with Crippen LogP contribution in [0.1, 0.15) is 23.1 Å². The third kappa shape index (κ3) is 5.98. The lowest BCUT2D eigenvalue weighted by molar-refractivity contribution is -0.127. The Bertz CT molecular complexity index is 963. The lowest BCUT2D eigenvalue weighted by atomic mass is 10.0. The number of ether oxygens (including phenoxy) is 4. The maximum Gasteiger partial charge on any atom is 0.266 e. The van der Waals surface area contributed by atoms with Gasteiger partial charge in [-0.05, 0) is 24.6 Å². The fraction of sp³-hybridized carbons (Fsp3) is 0.348. The fourth-order valence-electron chi connectivity index (χ4n) is 3.10. The molecule has 0 radical (unpaired) electrons. The standard InChI is InChI=1S/C23H27N3O6/c1-15-5-7-17(8-6-15)19-11-18(32-26-19)13-31-14-22(27)25-24-12-16-9-20(28-2)23(30-4)21(10-16)29-3/h5-10,12,18H,11,13-14H2,1-4H3,(H,25,27)/b24-12+. The van der Waals surface area contributed by atoms with Gasteiger partial charge in [0, 0.05) is 12.0 Å². The Morgan fingerprint density at radius 3 is 2.47 bits per heavy atom. The predicted molar refractivity (Wildman–Crippen MR) is 120 cm³/mol. The van der Waals surface area contributed by atoms with Crippen LogP contribution in [0.5, 0.6) is 17.2 Å². The van der Waals surface area contributed by atoms with Gasteiger partial charge in [0.15, 0.2) is 17.6 Å². The molecule has 2 aromatic carbocycles. The summed E-state index contributed by atoms with van der Waals surface area (Å²) in [6.45, 7) is 2.14. The number of hydrazone groups is 1. The Kier molecular flexibility index (Phi) is 8.04. The van der Waals surface area contributed by atoms with Gasteiger partial charge < -0.3 is 23.8 Å². The van der Waals surface area contributed by atoms with E-state index in [1.165, 1.54) is 33.1 Å². The number of hydrogen-bond donors (Lipinski definition) is 1. The van der Waals surface area contributed by atoms with Gasteiger partial charge >= 0.3 is 0 Å². The molecule has 1 N–H and O–H groups in total. The second-order valence-corrected chi connectivity index (χ2v) is 7.10. The van der Waals surface area contributed by atoms with Crippen LogP contribution in [-0.2, 0) is 14.4 Å². The molecular formula is C23H27N3O6. The van der Waals surface area contributed by atoms with Crippen molar-refractivity contribution in [1.29, 1.82) is 0 Å². The summed E-state index contributed by atoms with van der Waals surface area (Å²) in [5.74, 6) is 1.08. The van der Waals surface area contributed by atoms with Gasteiger partial charge in [-0.15, -0.1) is 0 Å². The highest BCUT2D eigenvalue weighted by Gasteiger charge is 2.22. The Labute approximate surface area is 186 Å². The van der Waals surface area contributed by atoms with Crippen molar-refractivity contribution in [3.63, 3.8) is 0 Å². The van der Waals surface area contributed by atoms with Crippen molar-refractivity contribution in [2.75, 3.05) is 34.5 Å². The minimum atomic E-state index is -0.383. The third-order valence-electron chi connectivity index (χ3n) is 4.74. The molecule has 0 saturated carbocycles. The van der Waals surface area contributed by atoms with Gasteiger partial charge in [0.05, 0.1) is 39.9 Å². The Hall–Kier alpha value is -3.59. The largest absolute Gasteiger partial charge is 0.493 e. The van der Waals surface area contributed by atoms with E-state index < -0.39 is 0 Å². The lowest BCUT2D eigenvalue weighted by Crippen LogP contribution is -2.26. The van der Waals surface area contributed by atoms with Crippen molar-refractivity contribution < 1.29 is 28.6 Å². The number of aryl methyl sites for hydroxylation is 1. The summed E-state index contributed by atoms with van der Waals surface area (Å²) in [5, 5.41) is 8.07. The maximum atomic E-state index is 12.0. The second-order valence-electron chi connectivity index (χ2n) is 7.10. The monoisotopic (exact) mass is 441 g/mol. The Morgan fingerprint density at radius 2 is 1.84 bits per heavy atom. The molecule has 1 unspecified atom stereocenters. The van der Waals surface area contributed by atoms with Crippen LogP contribution in [0, 0.1) is 6.92 Å². The predicted octanol–water partition coefficient (Wildman–Crippen LogP) is 2.68. The van der Waals surface area contributed by atoms with Gasteiger partial charge in [0.25, 0.3) is 5.91 Å². The molecule has 2 aromatic rings. The number of benzene rings is 2. The van der Waals surface area contributed by atoms with Gasteiger partial charge in [-0.1, -0.05) is 35.0 Å². The molecule has 1 aliphatic heterocycles. The van der Waals surface area contributed by atoms with Gasteiger partial charge in [0.1, 0.15) is 6.61 Å². The van der Waals surface area contributed by atoms with Crippen LogP contribution < -0.4 is 19.6 Å². The summed E-state index contributed by atoms with van der Waals surface area (Å²) in [6, 6.07) is 11.5. The number of carbonyl (C=O) groups is 1. The maximum absolute atomic E-state index is 12.0. The SMILES string of the molecule is COc1cc(/C=N/NC(=O)COCC2CC(c3ccc(C)cc3)=NO2)cc(OC)c1OC. The van der Waals surface area contributed by atoms with E-state index in [4.69, 9.17) is 23.8 Å². The molecule has 0 fully saturated rings. The zero-order chi connectivity index (χ0) is 22.9. The number of rotatable bonds is 10. The minimum absolute atomic E-state index is 0.147. The van der Waals surface area contributed by atoms with Gasteiger partial charge in [-0.2, -0.15) is 5.10 Å². The lowest BCUT2D eigenvalue weighted by Gasteiger charge is -2.12. The number of methoxy groups -OCH3 is 3. The first kappa shape index (κ1) is 23.1. The van der Waals surface area contributed by atoms with E-state index in [2.05, 4.69) is 15.7 Å². The number of nitrogens with zero attached hydrogens (tertiary/aromatic N) is 2. The van der Waals surface area contributed by atoms with E-state index in [-0.39, 0.29) is 25.2 Å².